The maximum absolute atomic E-state index is 10.4. The van der Waals surface area contributed by atoms with Gasteiger partial charge < -0.3 is 10.4 Å². The Morgan fingerprint density at radius 3 is 2.50 bits per heavy atom. The molecule has 0 bridgehead atoms. The van der Waals surface area contributed by atoms with E-state index in [1.165, 1.54) is 0 Å². The van der Waals surface area contributed by atoms with Crippen molar-refractivity contribution in [3.63, 3.8) is 0 Å². The van der Waals surface area contributed by atoms with Crippen LogP contribution in [-0.4, -0.2) is 27.2 Å². The van der Waals surface area contributed by atoms with Crippen LogP contribution in [0.4, 0.5) is 0 Å². The van der Waals surface area contributed by atoms with Crippen molar-refractivity contribution in [2.24, 2.45) is 5.92 Å². The fourth-order valence-corrected chi connectivity index (χ4v) is 2.19. The van der Waals surface area contributed by atoms with E-state index in [0.717, 1.165) is 29.9 Å². The van der Waals surface area contributed by atoms with Gasteiger partial charge in [0.15, 0.2) is 0 Å². The van der Waals surface area contributed by atoms with E-state index in [4.69, 9.17) is 0 Å². The van der Waals surface area contributed by atoms with E-state index in [1.54, 1.807) is 0 Å². The standard InChI is InChI=1S/C16H29N3O/c1-11(2)7-8-16(6,20)10-18-12(3)15-9-17-14(5)19-13(15)4/h9,11-12,18,20H,7-8,10H2,1-6H3. The number of aromatic nitrogens is 2. The molecule has 0 aliphatic rings. The molecule has 0 saturated heterocycles. The predicted molar refractivity (Wildman–Crippen MR) is 82.6 cm³/mol. The molecule has 1 aromatic heterocycles. The van der Waals surface area contributed by atoms with Gasteiger partial charge in [0, 0.05) is 30.0 Å². The Kier molecular flexibility index (Phi) is 6.08. The summed E-state index contributed by atoms with van der Waals surface area (Å²) in [6.45, 7) is 12.8. The van der Waals surface area contributed by atoms with Crippen LogP contribution in [0.2, 0.25) is 0 Å². The highest BCUT2D eigenvalue weighted by molar-refractivity contribution is 5.19. The molecule has 4 nitrogen and oxygen atoms in total. The number of rotatable bonds is 7. The Morgan fingerprint density at radius 1 is 1.30 bits per heavy atom. The molecule has 0 aliphatic heterocycles. The van der Waals surface area contributed by atoms with Gasteiger partial charge in [0.1, 0.15) is 5.82 Å². The first-order valence-electron chi connectivity index (χ1n) is 7.47. The lowest BCUT2D eigenvalue weighted by atomic mass is 9.95. The molecule has 0 saturated carbocycles. The second-order valence-corrected chi connectivity index (χ2v) is 6.49. The molecule has 20 heavy (non-hydrogen) atoms. The number of aryl methyl sites for hydroxylation is 2. The van der Waals surface area contributed by atoms with Crippen molar-refractivity contribution in [2.75, 3.05) is 6.54 Å². The third-order valence-electron chi connectivity index (χ3n) is 3.65. The minimum Gasteiger partial charge on any atom is -0.389 e. The van der Waals surface area contributed by atoms with Crippen molar-refractivity contribution >= 4 is 0 Å². The first-order valence-corrected chi connectivity index (χ1v) is 7.47. The van der Waals surface area contributed by atoms with Crippen LogP contribution in [0.25, 0.3) is 0 Å². The third-order valence-corrected chi connectivity index (χ3v) is 3.65. The quantitative estimate of drug-likeness (QED) is 0.805. The van der Waals surface area contributed by atoms with Crippen molar-refractivity contribution in [3.05, 3.63) is 23.3 Å². The van der Waals surface area contributed by atoms with Gasteiger partial charge in [0.05, 0.1) is 5.60 Å². The Morgan fingerprint density at radius 2 is 1.95 bits per heavy atom. The van der Waals surface area contributed by atoms with E-state index < -0.39 is 5.60 Å². The van der Waals surface area contributed by atoms with Crippen molar-refractivity contribution < 1.29 is 5.11 Å². The number of nitrogens with one attached hydrogen (secondary N) is 1. The molecule has 1 aromatic rings. The van der Waals surface area contributed by atoms with Crippen LogP contribution in [0, 0.1) is 19.8 Å². The van der Waals surface area contributed by atoms with E-state index >= 15 is 0 Å². The second-order valence-electron chi connectivity index (χ2n) is 6.49. The molecular formula is C16H29N3O. The molecule has 0 aliphatic carbocycles. The topological polar surface area (TPSA) is 58.0 Å². The highest BCUT2D eigenvalue weighted by atomic mass is 16.3. The first kappa shape index (κ1) is 17.1. The van der Waals surface area contributed by atoms with E-state index in [-0.39, 0.29) is 6.04 Å². The Hall–Kier alpha value is -1.00. The molecule has 0 fully saturated rings. The van der Waals surface area contributed by atoms with Crippen LogP contribution < -0.4 is 5.32 Å². The fourth-order valence-electron chi connectivity index (χ4n) is 2.19. The predicted octanol–water partition coefficient (Wildman–Crippen LogP) is 2.93. The molecule has 0 aromatic carbocycles. The number of hydrogen-bond donors (Lipinski definition) is 2. The summed E-state index contributed by atoms with van der Waals surface area (Å²) >= 11 is 0. The van der Waals surface area contributed by atoms with Gasteiger partial charge in [-0.15, -0.1) is 0 Å². The molecule has 1 heterocycles. The zero-order valence-corrected chi connectivity index (χ0v) is 13.7. The lowest BCUT2D eigenvalue weighted by Crippen LogP contribution is -2.39. The summed E-state index contributed by atoms with van der Waals surface area (Å²) in [7, 11) is 0. The van der Waals surface area contributed by atoms with Crippen LogP contribution in [0.15, 0.2) is 6.20 Å². The fraction of sp³-hybridized carbons (Fsp3) is 0.750. The highest BCUT2D eigenvalue weighted by Gasteiger charge is 2.22. The van der Waals surface area contributed by atoms with Crippen LogP contribution in [0.3, 0.4) is 0 Å². The molecule has 2 N–H and O–H groups in total. The lowest BCUT2D eigenvalue weighted by Gasteiger charge is -2.27. The van der Waals surface area contributed by atoms with Crippen molar-refractivity contribution in [2.45, 2.75) is 66.0 Å². The number of nitrogens with zero attached hydrogens (tertiary/aromatic N) is 2. The summed E-state index contributed by atoms with van der Waals surface area (Å²) in [5.41, 5.74) is 1.42. The Bertz CT molecular complexity index is 430. The van der Waals surface area contributed by atoms with Gasteiger partial charge in [-0.3, -0.25) is 0 Å². The van der Waals surface area contributed by atoms with E-state index in [1.807, 2.05) is 27.0 Å². The molecule has 4 heteroatoms. The maximum Gasteiger partial charge on any atom is 0.125 e. The van der Waals surface area contributed by atoms with Gasteiger partial charge in [0.25, 0.3) is 0 Å². The first-order chi connectivity index (χ1) is 9.21. The summed E-state index contributed by atoms with van der Waals surface area (Å²) in [4.78, 5) is 8.64. The van der Waals surface area contributed by atoms with Gasteiger partial charge in [0.2, 0.25) is 0 Å². The van der Waals surface area contributed by atoms with Gasteiger partial charge >= 0.3 is 0 Å². The van der Waals surface area contributed by atoms with Gasteiger partial charge in [-0.25, -0.2) is 9.97 Å². The Balaban J connectivity index is 2.55. The summed E-state index contributed by atoms with van der Waals surface area (Å²) in [6, 6.07) is 0.140. The van der Waals surface area contributed by atoms with Gasteiger partial charge in [-0.1, -0.05) is 13.8 Å². The monoisotopic (exact) mass is 279 g/mol. The minimum absolute atomic E-state index is 0.140. The lowest BCUT2D eigenvalue weighted by molar-refractivity contribution is 0.0430. The highest BCUT2D eigenvalue weighted by Crippen LogP contribution is 2.19. The summed E-state index contributed by atoms with van der Waals surface area (Å²) in [5.74, 6) is 1.41. The van der Waals surface area contributed by atoms with E-state index in [0.29, 0.717) is 12.5 Å². The van der Waals surface area contributed by atoms with Crippen LogP contribution in [-0.2, 0) is 0 Å². The normalized spacial score (nSPS) is 16.2. The molecule has 2 atom stereocenters. The van der Waals surface area contributed by atoms with Gasteiger partial charge in [-0.2, -0.15) is 0 Å². The van der Waals surface area contributed by atoms with Crippen molar-refractivity contribution in [1.82, 2.24) is 15.3 Å². The molecular weight excluding hydrogens is 250 g/mol. The van der Waals surface area contributed by atoms with Crippen LogP contribution in [0.1, 0.15) is 63.7 Å². The van der Waals surface area contributed by atoms with Crippen molar-refractivity contribution in [3.8, 4) is 0 Å². The Labute approximate surface area is 123 Å². The summed E-state index contributed by atoms with van der Waals surface area (Å²) in [6.07, 6.45) is 3.72. The largest absolute Gasteiger partial charge is 0.389 e. The average Bonchev–Trinajstić information content (AvgIpc) is 2.34. The second kappa shape index (κ2) is 7.14. The molecule has 0 amide bonds. The van der Waals surface area contributed by atoms with Crippen LogP contribution in [0.5, 0.6) is 0 Å². The molecule has 0 spiro atoms. The smallest absolute Gasteiger partial charge is 0.125 e. The van der Waals surface area contributed by atoms with Gasteiger partial charge in [-0.05, 0) is 46.5 Å². The number of hydrogen-bond acceptors (Lipinski definition) is 4. The van der Waals surface area contributed by atoms with E-state index in [2.05, 4.69) is 36.1 Å². The maximum atomic E-state index is 10.4. The third kappa shape index (κ3) is 5.55. The molecule has 0 radical (unpaired) electrons. The summed E-state index contributed by atoms with van der Waals surface area (Å²) < 4.78 is 0. The number of aliphatic hydroxyl groups is 1. The SMILES string of the molecule is Cc1ncc(C(C)NCC(C)(O)CCC(C)C)c(C)n1. The zero-order valence-electron chi connectivity index (χ0n) is 13.7. The molecule has 1 rings (SSSR count). The summed E-state index contributed by atoms with van der Waals surface area (Å²) in [5, 5.41) is 13.8. The zero-order chi connectivity index (χ0) is 15.3. The van der Waals surface area contributed by atoms with Crippen molar-refractivity contribution in [1.29, 1.82) is 0 Å². The molecule has 114 valence electrons. The average molecular weight is 279 g/mol. The van der Waals surface area contributed by atoms with E-state index in [9.17, 15) is 5.11 Å². The van der Waals surface area contributed by atoms with Crippen LogP contribution >= 0.6 is 0 Å². The minimum atomic E-state index is -0.669. The molecule has 2 unspecified atom stereocenters.